The van der Waals surface area contributed by atoms with Gasteiger partial charge in [-0.15, -0.1) is 0 Å². The van der Waals surface area contributed by atoms with Crippen LogP contribution >= 0.6 is 0 Å². The number of ether oxygens (including phenoxy) is 2. The van der Waals surface area contributed by atoms with Gasteiger partial charge in [-0.25, -0.2) is 0 Å². The van der Waals surface area contributed by atoms with Crippen LogP contribution in [0.2, 0.25) is 0 Å². The van der Waals surface area contributed by atoms with Gasteiger partial charge in [0.15, 0.2) is 11.5 Å². The van der Waals surface area contributed by atoms with Gasteiger partial charge in [0.25, 0.3) is 0 Å². The number of nitrogens with one attached hydrogen (secondary N) is 1. The van der Waals surface area contributed by atoms with Crippen LogP contribution in [0.4, 0.5) is 5.69 Å². The van der Waals surface area contributed by atoms with Crippen LogP contribution in [-0.2, 0) is 0 Å². The highest BCUT2D eigenvalue weighted by molar-refractivity contribution is 5.55. The lowest BCUT2D eigenvalue weighted by Gasteiger charge is -2.30. The molecule has 1 aromatic carbocycles. The molecule has 19 heavy (non-hydrogen) atoms. The summed E-state index contributed by atoms with van der Waals surface area (Å²) in [6.45, 7) is 4.97. The number of benzene rings is 1. The van der Waals surface area contributed by atoms with E-state index in [9.17, 15) is 0 Å². The summed E-state index contributed by atoms with van der Waals surface area (Å²) in [6.07, 6.45) is 5.28. The first-order valence-electron chi connectivity index (χ1n) is 7.32. The van der Waals surface area contributed by atoms with E-state index in [0.717, 1.165) is 23.1 Å². The fourth-order valence-corrected chi connectivity index (χ4v) is 2.78. The Labute approximate surface area is 116 Å². The van der Waals surface area contributed by atoms with Crippen LogP contribution in [0.15, 0.2) is 18.2 Å². The lowest BCUT2D eigenvalue weighted by atomic mass is 9.86. The summed E-state index contributed by atoms with van der Waals surface area (Å²) >= 11 is 0. The van der Waals surface area contributed by atoms with E-state index in [1.165, 1.54) is 25.7 Å². The van der Waals surface area contributed by atoms with Gasteiger partial charge in [-0.1, -0.05) is 19.8 Å². The minimum Gasteiger partial charge on any atom is -0.493 e. The molecule has 0 amide bonds. The Bertz CT molecular complexity index is 406. The van der Waals surface area contributed by atoms with Gasteiger partial charge in [0.05, 0.1) is 13.7 Å². The molecule has 1 aliphatic carbocycles. The quantitative estimate of drug-likeness (QED) is 0.868. The van der Waals surface area contributed by atoms with Crippen molar-refractivity contribution >= 4 is 5.69 Å². The third kappa shape index (κ3) is 3.55. The molecule has 0 aromatic heterocycles. The molecule has 0 saturated heterocycles. The van der Waals surface area contributed by atoms with E-state index in [2.05, 4.69) is 18.3 Å². The van der Waals surface area contributed by atoms with Gasteiger partial charge in [-0.3, -0.25) is 0 Å². The Kier molecular flexibility index (Phi) is 4.94. The van der Waals surface area contributed by atoms with Crippen molar-refractivity contribution in [3.8, 4) is 11.5 Å². The summed E-state index contributed by atoms with van der Waals surface area (Å²) < 4.78 is 10.9. The molecule has 3 nitrogen and oxygen atoms in total. The summed E-state index contributed by atoms with van der Waals surface area (Å²) in [5, 5.41) is 3.64. The highest BCUT2D eigenvalue weighted by atomic mass is 16.5. The van der Waals surface area contributed by atoms with Crippen molar-refractivity contribution in [2.45, 2.75) is 45.6 Å². The molecule has 2 rings (SSSR count). The predicted molar refractivity (Wildman–Crippen MR) is 79.2 cm³/mol. The molecule has 2 unspecified atom stereocenters. The number of hydrogen-bond donors (Lipinski definition) is 1. The molecule has 0 spiro atoms. The van der Waals surface area contributed by atoms with Gasteiger partial charge in [0, 0.05) is 17.8 Å². The van der Waals surface area contributed by atoms with Crippen molar-refractivity contribution in [1.82, 2.24) is 0 Å². The third-order valence-corrected chi connectivity index (χ3v) is 3.93. The molecule has 0 radical (unpaired) electrons. The van der Waals surface area contributed by atoms with Gasteiger partial charge in [-0.2, -0.15) is 0 Å². The Morgan fingerprint density at radius 3 is 2.68 bits per heavy atom. The minimum atomic E-state index is 0.580. The standard InChI is InChI=1S/C16H25NO2/c1-4-19-15-10-9-13(11-16(15)18-3)17-14-8-6-5-7-12(14)2/h9-12,14,17H,4-8H2,1-3H3. The van der Waals surface area contributed by atoms with E-state index in [4.69, 9.17) is 9.47 Å². The maximum atomic E-state index is 5.54. The van der Waals surface area contributed by atoms with Crippen molar-refractivity contribution < 1.29 is 9.47 Å². The smallest absolute Gasteiger partial charge is 0.162 e. The highest BCUT2D eigenvalue weighted by Crippen LogP contribution is 2.32. The molecular weight excluding hydrogens is 238 g/mol. The van der Waals surface area contributed by atoms with Crippen LogP contribution in [-0.4, -0.2) is 19.8 Å². The normalized spacial score (nSPS) is 22.9. The van der Waals surface area contributed by atoms with Crippen LogP contribution < -0.4 is 14.8 Å². The van der Waals surface area contributed by atoms with Crippen LogP contribution in [0.5, 0.6) is 11.5 Å². The average molecular weight is 263 g/mol. The van der Waals surface area contributed by atoms with Gasteiger partial charge < -0.3 is 14.8 Å². The minimum absolute atomic E-state index is 0.580. The monoisotopic (exact) mass is 263 g/mol. The first-order valence-corrected chi connectivity index (χ1v) is 7.32. The number of rotatable bonds is 5. The molecule has 2 atom stereocenters. The van der Waals surface area contributed by atoms with E-state index in [1.54, 1.807) is 7.11 Å². The van der Waals surface area contributed by atoms with Gasteiger partial charge >= 0.3 is 0 Å². The lowest BCUT2D eigenvalue weighted by Crippen LogP contribution is -2.30. The van der Waals surface area contributed by atoms with E-state index >= 15 is 0 Å². The van der Waals surface area contributed by atoms with Gasteiger partial charge in [0.1, 0.15) is 0 Å². The highest BCUT2D eigenvalue weighted by Gasteiger charge is 2.21. The molecule has 1 saturated carbocycles. The second-order valence-corrected chi connectivity index (χ2v) is 5.31. The first-order chi connectivity index (χ1) is 9.24. The van der Waals surface area contributed by atoms with Crippen LogP contribution in [0, 0.1) is 5.92 Å². The maximum Gasteiger partial charge on any atom is 0.162 e. The molecule has 3 heteroatoms. The van der Waals surface area contributed by atoms with Crippen molar-refractivity contribution in [3.63, 3.8) is 0 Å². The van der Waals surface area contributed by atoms with Crippen molar-refractivity contribution in [3.05, 3.63) is 18.2 Å². The van der Waals surface area contributed by atoms with Gasteiger partial charge in [0.2, 0.25) is 0 Å². The zero-order valence-electron chi connectivity index (χ0n) is 12.2. The Hall–Kier alpha value is -1.38. The Morgan fingerprint density at radius 1 is 1.21 bits per heavy atom. The van der Waals surface area contributed by atoms with Crippen LogP contribution in [0.3, 0.4) is 0 Å². The Balaban J connectivity index is 2.07. The average Bonchev–Trinajstić information content (AvgIpc) is 2.43. The lowest BCUT2D eigenvalue weighted by molar-refractivity contribution is 0.311. The van der Waals surface area contributed by atoms with E-state index < -0.39 is 0 Å². The predicted octanol–water partition coefficient (Wildman–Crippen LogP) is 4.08. The summed E-state index contributed by atoms with van der Waals surface area (Å²) in [4.78, 5) is 0. The summed E-state index contributed by atoms with van der Waals surface area (Å²) in [5.41, 5.74) is 1.12. The van der Waals surface area contributed by atoms with E-state index in [1.807, 2.05) is 19.1 Å². The third-order valence-electron chi connectivity index (χ3n) is 3.93. The van der Waals surface area contributed by atoms with Crippen LogP contribution in [0.25, 0.3) is 0 Å². The molecule has 1 N–H and O–H groups in total. The van der Waals surface area contributed by atoms with Crippen molar-refractivity contribution in [2.75, 3.05) is 19.0 Å². The molecule has 1 aliphatic rings. The second kappa shape index (κ2) is 6.69. The number of hydrogen-bond acceptors (Lipinski definition) is 3. The fraction of sp³-hybridized carbons (Fsp3) is 0.625. The first kappa shape index (κ1) is 14.0. The second-order valence-electron chi connectivity index (χ2n) is 5.31. The topological polar surface area (TPSA) is 30.5 Å². The van der Waals surface area contributed by atoms with Crippen LogP contribution in [0.1, 0.15) is 39.5 Å². The molecule has 0 aliphatic heterocycles. The largest absolute Gasteiger partial charge is 0.493 e. The molecule has 0 bridgehead atoms. The SMILES string of the molecule is CCOc1ccc(NC2CCCCC2C)cc1OC. The summed E-state index contributed by atoms with van der Waals surface area (Å²) in [6, 6.07) is 6.68. The zero-order valence-corrected chi connectivity index (χ0v) is 12.2. The summed E-state index contributed by atoms with van der Waals surface area (Å²) in [7, 11) is 1.69. The van der Waals surface area contributed by atoms with Gasteiger partial charge in [-0.05, 0) is 37.8 Å². The van der Waals surface area contributed by atoms with E-state index in [0.29, 0.717) is 12.6 Å². The number of methoxy groups -OCH3 is 1. The number of anilines is 1. The molecule has 106 valence electrons. The summed E-state index contributed by atoms with van der Waals surface area (Å²) in [5.74, 6) is 2.36. The van der Waals surface area contributed by atoms with E-state index in [-0.39, 0.29) is 0 Å². The Morgan fingerprint density at radius 2 is 2.00 bits per heavy atom. The molecular formula is C16H25NO2. The zero-order chi connectivity index (χ0) is 13.7. The fourth-order valence-electron chi connectivity index (χ4n) is 2.78. The maximum absolute atomic E-state index is 5.54. The van der Waals surface area contributed by atoms with Crippen molar-refractivity contribution in [2.24, 2.45) is 5.92 Å². The molecule has 0 heterocycles. The molecule has 1 aromatic rings. The molecule has 1 fully saturated rings. The van der Waals surface area contributed by atoms with Crippen molar-refractivity contribution in [1.29, 1.82) is 0 Å².